The SMILES string of the molecule is Cl.NC(C(=O)O)C(F)(F)c1ccc(Cl)cc1. The summed E-state index contributed by atoms with van der Waals surface area (Å²) in [5.41, 5.74) is 4.41. The maximum atomic E-state index is 13.4. The molecule has 0 fully saturated rings. The Morgan fingerprint density at radius 3 is 2.19 bits per heavy atom. The molecule has 1 aromatic carbocycles. The first-order valence-corrected chi connectivity index (χ1v) is 4.35. The van der Waals surface area contributed by atoms with Crippen LogP contribution in [0.4, 0.5) is 8.78 Å². The molecule has 1 unspecified atom stereocenters. The summed E-state index contributed by atoms with van der Waals surface area (Å²) in [5.74, 6) is -5.37. The van der Waals surface area contributed by atoms with E-state index in [1.165, 1.54) is 12.1 Å². The fourth-order valence-corrected chi connectivity index (χ4v) is 1.13. The summed E-state index contributed by atoms with van der Waals surface area (Å²) in [5, 5.41) is 8.69. The second-order valence-corrected chi connectivity index (χ2v) is 3.38. The Labute approximate surface area is 102 Å². The lowest BCUT2D eigenvalue weighted by atomic mass is 10.0. The molecular formula is C9H9Cl2F2NO2. The minimum absolute atomic E-state index is 0. The van der Waals surface area contributed by atoms with E-state index < -0.39 is 23.5 Å². The van der Waals surface area contributed by atoms with Crippen LogP contribution >= 0.6 is 24.0 Å². The molecule has 0 amide bonds. The number of benzene rings is 1. The molecule has 3 nitrogen and oxygen atoms in total. The fraction of sp³-hybridized carbons (Fsp3) is 0.222. The highest BCUT2D eigenvalue weighted by molar-refractivity contribution is 6.30. The van der Waals surface area contributed by atoms with Gasteiger partial charge in [0.2, 0.25) is 0 Å². The van der Waals surface area contributed by atoms with Crippen molar-refractivity contribution in [2.24, 2.45) is 5.73 Å². The monoisotopic (exact) mass is 271 g/mol. The standard InChI is InChI=1S/C9H8ClF2NO2.ClH/c10-6-3-1-5(2-4-6)9(11,12)7(13)8(14)15;/h1-4,7H,13H2,(H,14,15);1H. The minimum atomic E-state index is -3.61. The molecule has 0 aliphatic heterocycles. The van der Waals surface area contributed by atoms with Crippen LogP contribution in [0.2, 0.25) is 5.02 Å². The highest BCUT2D eigenvalue weighted by Gasteiger charge is 2.43. The van der Waals surface area contributed by atoms with E-state index in [0.29, 0.717) is 5.02 Å². The van der Waals surface area contributed by atoms with Gasteiger partial charge in [-0.15, -0.1) is 12.4 Å². The predicted molar refractivity (Wildman–Crippen MR) is 58.2 cm³/mol. The second kappa shape index (κ2) is 5.43. The Kier molecular flexibility index (Phi) is 5.12. The molecule has 0 aliphatic carbocycles. The summed E-state index contributed by atoms with van der Waals surface area (Å²) in [6.45, 7) is 0. The summed E-state index contributed by atoms with van der Waals surface area (Å²) >= 11 is 5.51. The molecule has 1 rings (SSSR count). The van der Waals surface area contributed by atoms with Gasteiger partial charge >= 0.3 is 5.97 Å². The minimum Gasteiger partial charge on any atom is -0.480 e. The van der Waals surface area contributed by atoms with Gasteiger partial charge in [-0.25, -0.2) is 0 Å². The van der Waals surface area contributed by atoms with Gasteiger partial charge in [0.25, 0.3) is 5.92 Å². The first kappa shape index (κ1) is 15.1. The summed E-state index contributed by atoms with van der Waals surface area (Å²) in [7, 11) is 0. The average Bonchev–Trinajstić information content (AvgIpc) is 2.17. The highest BCUT2D eigenvalue weighted by atomic mass is 35.5. The van der Waals surface area contributed by atoms with Crippen LogP contribution in [0.5, 0.6) is 0 Å². The van der Waals surface area contributed by atoms with E-state index in [0.717, 1.165) is 12.1 Å². The van der Waals surface area contributed by atoms with Crippen molar-refractivity contribution in [3.63, 3.8) is 0 Å². The van der Waals surface area contributed by atoms with E-state index in [2.05, 4.69) is 0 Å². The Hall–Kier alpha value is -0.910. The second-order valence-electron chi connectivity index (χ2n) is 2.95. The Morgan fingerprint density at radius 2 is 1.81 bits per heavy atom. The zero-order chi connectivity index (χ0) is 11.6. The Balaban J connectivity index is 0.00000225. The third-order valence-corrected chi connectivity index (χ3v) is 2.14. The topological polar surface area (TPSA) is 63.3 Å². The molecule has 0 radical (unpaired) electrons. The van der Waals surface area contributed by atoms with Crippen molar-refractivity contribution < 1.29 is 18.7 Å². The number of alkyl halides is 2. The number of carboxylic acids is 1. The maximum Gasteiger partial charge on any atom is 0.327 e. The maximum absolute atomic E-state index is 13.4. The summed E-state index contributed by atoms with van der Waals surface area (Å²) in [4.78, 5) is 10.4. The molecule has 7 heteroatoms. The molecular weight excluding hydrogens is 263 g/mol. The van der Waals surface area contributed by atoms with Crippen LogP contribution in [0, 0.1) is 0 Å². The van der Waals surface area contributed by atoms with Crippen LogP contribution in [0.3, 0.4) is 0 Å². The zero-order valence-corrected chi connectivity index (χ0v) is 9.43. The van der Waals surface area contributed by atoms with Gasteiger partial charge in [-0.3, -0.25) is 4.79 Å². The van der Waals surface area contributed by atoms with Gasteiger partial charge in [-0.1, -0.05) is 23.7 Å². The van der Waals surface area contributed by atoms with E-state index in [1.807, 2.05) is 0 Å². The lowest BCUT2D eigenvalue weighted by molar-refractivity contribution is -0.149. The fourth-order valence-electron chi connectivity index (χ4n) is 1.01. The number of rotatable bonds is 3. The normalized spacial score (nSPS) is 12.8. The number of aliphatic carboxylic acids is 1. The van der Waals surface area contributed by atoms with Crippen LogP contribution in [0.15, 0.2) is 24.3 Å². The highest BCUT2D eigenvalue weighted by Crippen LogP contribution is 2.31. The molecule has 0 saturated carbocycles. The molecule has 0 heterocycles. The van der Waals surface area contributed by atoms with Gasteiger partial charge in [-0.05, 0) is 12.1 Å². The van der Waals surface area contributed by atoms with Crippen LogP contribution in [-0.4, -0.2) is 17.1 Å². The van der Waals surface area contributed by atoms with Crippen molar-refractivity contribution >= 4 is 30.0 Å². The average molecular weight is 272 g/mol. The first-order valence-electron chi connectivity index (χ1n) is 3.98. The number of carbonyl (C=O) groups is 1. The molecule has 1 atom stereocenters. The van der Waals surface area contributed by atoms with Crippen LogP contribution < -0.4 is 5.73 Å². The molecule has 90 valence electrons. The van der Waals surface area contributed by atoms with E-state index in [1.54, 1.807) is 0 Å². The third kappa shape index (κ3) is 3.04. The smallest absolute Gasteiger partial charge is 0.327 e. The molecule has 0 spiro atoms. The molecule has 3 N–H and O–H groups in total. The van der Waals surface area contributed by atoms with Crippen molar-refractivity contribution in [2.75, 3.05) is 0 Å². The van der Waals surface area contributed by atoms with Crippen molar-refractivity contribution in [2.45, 2.75) is 12.0 Å². The van der Waals surface area contributed by atoms with Crippen LogP contribution in [-0.2, 0) is 10.7 Å². The van der Waals surface area contributed by atoms with Gasteiger partial charge in [0.05, 0.1) is 0 Å². The largest absolute Gasteiger partial charge is 0.480 e. The molecule has 0 bridgehead atoms. The number of hydrogen-bond acceptors (Lipinski definition) is 2. The van der Waals surface area contributed by atoms with Gasteiger partial charge in [0, 0.05) is 10.6 Å². The van der Waals surface area contributed by atoms with Gasteiger partial charge in [0.15, 0.2) is 6.04 Å². The lowest BCUT2D eigenvalue weighted by Gasteiger charge is -2.20. The van der Waals surface area contributed by atoms with Gasteiger partial charge in [0.1, 0.15) is 0 Å². The van der Waals surface area contributed by atoms with Crippen LogP contribution in [0.1, 0.15) is 5.56 Å². The summed E-state index contributed by atoms with van der Waals surface area (Å²) in [6, 6.07) is 2.33. The van der Waals surface area contributed by atoms with Crippen LogP contribution in [0.25, 0.3) is 0 Å². The van der Waals surface area contributed by atoms with Gasteiger partial charge < -0.3 is 10.8 Å². The molecule has 0 aromatic heterocycles. The number of hydrogen-bond donors (Lipinski definition) is 2. The predicted octanol–water partition coefficient (Wildman–Crippen LogP) is 2.27. The van der Waals surface area contributed by atoms with Crippen molar-refractivity contribution in [1.29, 1.82) is 0 Å². The van der Waals surface area contributed by atoms with E-state index in [-0.39, 0.29) is 12.4 Å². The number of halogens is 4. The Morgan fingerprint density at radius 1 is 1.38 bits per heavy atom. The molecule has 16 heavy (non-hydrogen) atoms. The van der Waals surface area contributed by atoms with Crippen molar-refractivity contribution in [3.05, 3.63) is 34.9 Å². The number of nitrogens with two attached hydrogens (primary N) is 1. The zero-order valence-electron chi connectivity index (χ0n) is 7.86. The molecule has 1 aromatic rings. The van der Waals surface area contributed by atoms with Crippen molar-refractivity contribution in [3.8, 4) is 0 Å². The molecule has 0 saturated heterocycles. The summed E-state index contributed by atoms with van der Waals surface area (Å²) in [6.07, 6.45) is 0. The van der Waals surface area contributed by atoms with Crippen molar-refractivity contribution in [1.82, 2.24) is 0 Å². The van der Waals surface area contributed by atoms with Gasteiger partial charge in [-0.2, -0.15) is 8.78 Å². The lowest BCUT2D eigenvalue weighted by Crippen LogP contribution is -2.45. The quantitative estimate of drug-likeness (QED) is 0.887. The third-order valence-electron chi connectivity index (χ3n) is 1.89. The summed E-state index contributed by atoms with van der Waals surface area (Å²) < 4.78 is 26.8. The first-order chi connectivity index (χ1) is 6.85. The number of carboxylic acid groups (broad SMARTS) is 1. The van der Waals surface area contributed by atoms with E-state index in [9.17, 15) is 13.6 Å². The van der Waals surface area contributed by atoms with E-state index >= 15 is 0 Å². The molecule has 0 aliphatic rings. The Bertz CT molecular complexity index is 370. The van der Waals surface area contributed by atoms with E-state index in [4.69, 9.17) is 22.4 Å².